The number of carbonyl (C=O) groups is 1. The number of H-pyrrole nitrogens is 1. The fourth-order valence-electron chi connectivity index (χ4n) is 3.04. The van der Waals surface area contributed by atoms with Gasteiger partial charge in [-0.1, -0.05) is 35.9 Å². The summed E-state index contributed by atoms with van der Waals surface area (Å²) in [6.45, 7) is 3.67. The summed E-state index contributed by atoms with van der Waals surface area (Å²) in [6.07, 6.45) is 0. The highest BCUT2D eigenvalue weighted by atomic mass is 32.2. The molecule has 0 aliphatic heterocycles. The first-order valence-electron chi connectivity index (χ1n) is 9.28. The van der Waals surface area contributed by atoms with E-state index >= 15 is 0 Å². The zero-order chi connectivity index (χ0) is 21.3. The number of amides is 1. The zero-order valence-corrected chi connectivity index (χ0v) is 17.2. The molecule has 0 saturated heterocycles. The highest BCUT2D eigenvalue weighted by Crippen LogP contribution is 2.21. The van der Waals surface area contributed by atoms with Crippen LogP contribution in [0.5, 0.6) is 0 Å². The van der Waals surface area contributed by atoms with E-state index in [1.807, 2.05) is 43.3 Å². The summed E-state index contributed by atoms with van der Waals surface area (Å²) in [5.41, 5.74) is 3.90. The Bertz CT molecular complexity index is 1310. The molecule has 0 saturated carbocycles. The van der Waals surface area contributed by atoms with Crippen LogP contribution in [0, 0.1) is 13.8 Å². The van der Waals surface area contributed by atoms with Crippen LogP contribution < -0.4 is 10.0 Å². The lowest BCUT2D eigenvalue weighted by molar-refractivity contribution is 0.102. The molecule has 0 unspecified atom stereocenters. The van der Waals surface area contributed by atoms with E-state index in [1.54, 1.807) is 25.1 Å². The smallest absolute Gasteiger partial charge is 0.261 e. The molecule has 30 heavy (non-hydrogen) atoms. The van der Waals surface area contributed by atoms with Gasteiger partial charge in [0.15, 0.2) is 0 Å². The lowest BCUT2D eigenvalue weighted by atomic mass is 10.1. The lowest BCUT2D eigenvalue weighted by Gasteiger charge is -2.11. The van der Waals surface area contributed by atoms with Crippen LogP contribution in [-0.2, 0) is 10.0 Å². The fraction of sp³-hybridized carbons (Fsp3) is 0.0909. The largest absolute Gasteiger partial charge is 0.324 e. The van der Waals surface area contributed by atoms with Crippen molar-refractivity contribution in [2.75, 3.05) is 10.0 Å². The number of benzene rings is 3. The fourth-order valence-corrected chi connectivity index (χ4v) is 4.12. The molecular weight excluding hydrogens is 400 g/mol. The van der Waals surface area contributed by atoms with Crippen LogP contribution in [0.3, 0.4) is 0 Å². The number of imidazole rings is 1. The number of fused-ring (bicyclic) bond motifs is 1. The van der Waals surface area contributed by atoms with Gasteiger partial charge in [-0.3, -0.25) is 14.8 Å². The van der Waals surface area contributed by atoms with Crippen LogP contribution in [0.2, 0.25) is 0 Å². The summed E-state index contributed by atoms with van der Waals surface area (Å²) in [4.78, 5) is 20.2. The number of para-hydroxylation sites is 2. The normalized spacial score (nSPS) is 11.4. The van der Waals surface area contributed by atoms with E-state index < -0.39 is 15.9 Å². The van der Waals surface area contributed by atoms with Crippen molar-refractivity contribution < 1.29 is 13.2 Å². The van der Waals surface area contributed by atoms with Gasteiger partial charge in [-0.25, -0.2) is 13.4 Å². The molecule has 3 aromatic carbocycles. The first-order chi connectivity index (χ1) is 14.3. The molecule has 152 valence electrons. The maximum atomic E-state index is 12.8. The molecule has 0 radical (unpaired) electrons. The summed E-state index contributed by atoms with van der Waals surface area (Å²) in [7, 11) is -3.85. The molecule has 4 aromatic rings. The number of aryl methyl sites for hydroxylation is 2. The number of nitrogens with one attached hydrogen (secondary N) is 3. The maximum Gasteiger partial charge on any atom is 0.261 e. The van der Waals surface area contributed by atoms with Gasteiger partial charge < -0.3 is 4.98 Å². The number of anilines is 2. The third-order valence-corrected chi connectivity index (χ3v) is 6.07. The molecular formula is C22H20N4O3S. The van der Waals surface area contributed by atoms with Crippen molar-refractivity contribution in [1.29, 1.82) is 0 Å². The topological polar surface area (TPSA) is 104 Å². The summed E-state index contributed by atoms with van der Waals surface area (Å²) >= 11 is 0. The number of nitrogens with zero attached hydrogens (tertiary/aromatic N) is 1. The third kappa shape index (κ3) is 4.04. The first-order valence-corrected chi connectivity index (χ1v) is 10.8. The van der Waals surface area contributed by atoms with E-state index in [0.29, 0.717) is 17.2 Å². The summed E-state index contributed by atoms with van der Waals surface area (Å²) in [5.74, 6) is -0.148. The Kier molecular flexibility index (Phi) is 5.01. The van der Waals surface area contributed by atoms with Gasteiger partial charge in [-0.2, -0.15) is 0 Å². The minimum absolute atomic E-state index is 0.00318. The number of aromatic amines is 1. The van der Waals surface area contributed by atoms with Gasteiger partial charge in [0.05, 0.1) is 15.9 Å². The van der Waals surface area contributed by atoms with Crippen molar-refractivity contribution in [3.63, 3.8) is 0 Å². The van der Waals surface area contributed by atoms with Gasteiger partial charge >= 0.3 is 0 Å². The minimum atomic E-state index is -3.85. The third-order valence-electron chi connectivity index (χ3n) is 4.69. The second-order valence-electron chi connectivity index (χ2n) is 7.00. The van der Waals surface area contributed by atoms with Gasteiger partial charge in [0.2, 0.25) is 5.95 Å². The molecule has 1 aromatic heterocycles. The minimum Gasteiger partial charge on any atom is -0.324 e. The standard InChI is InChI=1S/C22H20N4O3S/c1-14-7-10-16(11-8-14)26-30(28,29)17-12-9-15(2)18(13-17)21(27)25-22-23-19-5-3-4-6-20(19)24-22/h3-13,26H,1-2H3,(H2,23,24,25,27). The van der Waals surface area contributed by atoms with Crippen LogP contribution in [0.4, 0.5) is 11.6 Å². The number of carbonyl (C=O) groups excluding carboxylic acids is 1. The monoisotopic (exact) mass is 420 g/mol. The molecule has 0 aliphatic rings. The van der Waals surface area contributed by atoms with E-state index in [2.05, 4.69) is 20.0 Å². The van der Waals surface area contributed by atoms with E-state index in [1.165, 1.54) is 12.1 Å². The molecule has 0 spiro atoms. The SMILES string of the molecule is Cc1ccc(NS(=O)(=O)c2ccc(C)c(C(=O)Nc3nc4ccccc4[nH]3)c2)cc1. The molecule has 7 nitrogen and oxygen atoms in total. The van der Waals surface area contributed by atoms with Crippen molar-refractivity contribution in [2.45, 2.75) is 18.7 Å². The van der Waals surface area contributed by atoms with E-state index in [4.69, 9.17) is 0 Å². The molecule has 0 aliphatic carbocycles. The summed E-state index contributed by atoms with van der Waals surface area (Å²) in [5, 5.41) is 2.70. The van der Waals surface area contributed by atoms with E-state index in [0.717, 1.165) is 16.6 Å². The van der Waals surface area contributed by atoms with Crippen molar-refractivity contribution >= 4 is 38.6 Å². The second-order valence-corrected chi connectivity index (χ2v) is 8.69. The lowest BCUT2D eigenvalue weighted by Crippen LogP contribution is -2.17. The van der Waals surface area contributed by atoms with Gasteiger partial charge in [-0.05, 0) is 55.8 Å². The van der Waals surface area contributed by atoms with Gasteiger partial charge in [0, 0.05) is 11.3 Å². The number of rotatable bonds is 5. The Hall–Kier alpha value is -3.65. The van der Waals surface area contributed by atoms with Crippen LogP contribution >= 0.6 is 0 Å². The van der Waals surface area contributed by atoms with Crippen molar-refractivity contribution in [3.8, 4) is 0 Å². The second kappa shape index (κ2) is 7.64. The van der Waals surface area contributed by atoms with Crippen LogP contribution in [0.25, 0.3) is 11.0 Å². The molecule has 0 atom stereocenters. The number of aromatic nitrogens is 2. The average molecular weight is 420 g/mol. The highest BCUT2D eigenvalue weighted by Gasteiger charge is 2.19. The van der Waals surface area contributed by atoms with E-state index in [-0.39, 0.29) is 10.5 Å². The molecule has 4 rings (SSSR count). The molecule has 1 heterocycles. The zero-order valence-electron chi connectivity index (χ0n) is 16.4. The number of hydrogen-bond acceptors (Lipinski definition) is 4. The Balaban J connectivity index is 1.60. The molecule has 0 fully saturated rings. The first kappa shape index (κ1) is 19.7. The summed E-state index contributed by atoms with van der Waals surface area (Å²) < 4.78 is 28.1. The average Bonchev–Trinajstić information content (AvgIpc) is 3.12. The van der Waals surface area contributed by atoms with Crippen molar-refractivity contribution in [2.24, 2.45) is 0 Å². The van der Waals surface area contributed by atoms with Crippen LogP contribution in [0.1, 0.15) is 21.5 Å². The van der Waals surface area contributed by atoms with Crippen molar-refractivity contribution in [3.05, 3.63) is 83.4 Å². The Labute approximate surface area is 174 Å². The molecule has 1 amide bonds. The molecule has 3 N–H and O–H groups in total. The predicted molar refractivity (Wildman–Crippen MR) is 117 cm³/mol. The number of hydrogen-bond donors (Lipinski definition) is 3. The van der Waals surface area contributed by atoms with Gasteiger partial charge in [-0.15, -0.1) is 0 Å². The van der Waals surface area contributed by atoms with Gasteiger partial charge in [0.25, 0.3) is 15.9 Å². The van der Waals surface area contributed by atoms with Crippen LogP contribution in [-0.4, -0.2) is 24.3 Å². The number of sulfonamides is 1. The Morgan fingerprint density at radius 1 is 0.967 bits per heavy atom. The van der Waals surface area contributed by atoms with Crippen molar-refractivity contribution in [1.82, 2.24) is 9.97 Å². The summed E-state index contributed by atoms with van der Waals surface area (Å²) in [6, 6.07) is 18.9. The van der Waals surface area contributed by atoms with Crippen LogP contribution in [0.15, 0.2) is 71.6 Å². The van der Waals surface area contributed by atoms with Gasteiger partial charge in [0.1, 0.15) is 0 Å². The predicted octanol–water partition coefficient (Wildman–Crippen LogP) is 4.23. The Morgan fingerprint density at radius 2 is 1.70 bits per heavy atom. The maximum absolute atomic E-state index is 12.8. The quantitative estimate of drug-likeness (QED) is 0.449. The molecule has 0 bridgehead atoms. The Morgan fingerprint density at radius 3 is 2.43 bits per heavy atom. The van der Waals surface area contributed by atoms with E-state index in [9.17, 15) is 13.2 Å². The highest BCUT2D eigenvalue weighted by molar-refractivity contribution is 7.92. The molecule has 8 heteroatoms.